The van der Waals surface area contributed by atoms with Gasteiger partial charge in [0, 0.05) is 0 Å². The van der Waals surface area contributed by atoms with E-state index in [0.29, 0.717) is 5.69 Å². The summed E-state index contributed by atoms with van der Waals surface area (Å²) in [7, 11) is 0. The number of pyridine rings is 1. The molecule has 122 valence electrons. The first-order valence-electron chi connectivity index (χ1n) is 7.77. The minimum atomic E-state index is -0.279. The Morgan fingerprint density at radius 2 is 1.84 bits per heavy atom. The summed E-state index contributed by atoms with van der Waals surface area (Å²) in [4.78, 5) is 16.7. The van der Waals surface area contributed by atoms with Crippen LogP contribution in [0.3, 0.4) is 0 Å². The predicted octanol–water partition coefficient (Wildman–Crippen LogP) is 2.74. The maximum absolute atomic E-state index is 12.3. The summed E-state index contributed by atoms with van der Waals surface area (Å²) in [5.41, 5.74) is 1.47. The van der Waals surface area contributed by atoms with Gasteiger partial charge >= 0.3 is 151 Å². The molecule has 4 nitrogen and oxygen atoms in total. The van der Waals surface area contributed by atoms with E-state index in [4.69, 9.17) is 4.42 Å². The molecule has 0 radical (unpaired) electrons. The molecule has 1 amide bonds. The monoisotopic (exact) mass is 394 g/mol. The van der Waals surface area contributed by atoms with Crippen LogP contribution >= 0.6 is 0 Å². The molecule has 4 aromatic rings. The molecule has 0 aliphatic carbocycles. The van der Waals surface area contributed by atoms with Crippen LogP contribution in [0.4, 0.5) is 5.69 Å². The van der Waals surface area contributed by atoms with Crippen molar-refractivity contribution in [3.05, 3.63) is 85.0 Å². The molecule has 0 unspecified atom stereocenters. The van der Waals surface area contributed by atoms with Gasteiger partial charge in [-0.05, 0) is 0 Å². The Balaban J connectivity index is 1.70. The van der Waals surface area contributed by atoms with Gasteiger partial charge in [0.15, 0.2) is 0 Å². The third-order valence-corrected chi connectivity index (χ3v) is 5.97. The van der Waals surface area contributed by atoms with Crippen molar-refractivity contribution >= 4 is 46.4 Å². The van der Waals surface area contributed by atoms with Crippen molar-refractivity contribution < 1.29 is 9.21 Å². The summed E-state index contributed by atoms with van der Waals surface area (Å²) in [6.07, 6.45) is 3.22. The van der Waals surface area contributed by atoms with Gasteiger partial charge in [0.25, 0.3) is 0 Å². The van der Waals surface area contributed by atoms with Crippen molar-refractivity contribution in [3.63, 3.8) is 0 Å². The molecule has 0 bridgehead atoms. The normalized spacial score (nSPS) is 10.7. The summed E-state index contributed by atoms with van der Waals surface area (Å²) >= 11 is 0.173. The summed E-state index contributed by atoms with van der Waals surface area (Å²) in [5, 5.41) is 3.95. The minimum absolute atomic E-state index is 0.173. The van der Waals surface area contributed by atoms with Gasteiger partial charge in [-0.15, -0.1) is 0 Å². The summed E-state index contributed by atoms with van der Waals surface area (Å²) in [6.45, 7) is 0. The van der Waals surface area contributed by atoms with E-state index < -0.39 is 0 Å². The van der Waals surface area contributed by atoms with Gasteiger partial charge in [-0.2, -0.15) is 0 Å². The average Bonchev–Trinajstić information content (AvgIpc) is 3.19. The summed E-state index contributed by atoms with van der Waals surface area (Å²) in [6, 6.07) is 21.7. The van der Waals surface area contributed by atoms with Gasteiger partial charge in [0.05, 0.1) is 0 Å². The van der Waals surface area contributed by atoms with E-state index in [1.807, 2.05) is 24.3 Å². The molecule has 0 saturated heterocycles. The first kappa shape index (κ1) is 15.6. The van der Waals surface area contributed by atoms with Gasteiger partial charge in [0.2, 0.25) is 0 Å². The topological polar surface area (TPSA) is 55.1 Å². The second-order valence-electron chi connectivity index (χ2n) is 5.36. The molecule has 25 heavy (non-hydrogen) atoms. The molecule has 2 aromatic heterocycles. The molecule has 0 atom stereocenters. The number of hydrogen-bond donors (Lipinski definition) is 1. The van der Waals surface area contributed by atoms with Gasteiger partial charge in [-0.25, -0.2) is 0 Å². The second kappa shape index (κ2) is 6.93. The van der Waals surface area contributed by atoms with Crippen molar-refractivity contribution in [2.24, 2.45) is 0 Å². The summed E-state index contributed by atoms with van der Waals surface area (Å²) < 4.78 is 7.69. The van der Waals surface area contributed by atoms with Gasteiger partial charge in [-0.3, -0.25) is 0 Å². The number of rotatable bonds is 4. The molecule has 4 rings (SSSR count). The van der Waals surface area contributed by atoms with Crippen LogP contribution in [0.5, 0.6) is 0 Å². The van der Waals surface area contributed by atoms with Crippen molar-refractivity contribution in [1.82, 2.24) is 4.98 Å². The fourth-order valence-corrected chi connectivity index (χ4v) is 4.55. The van der Waals surface area contributed by atoms with Crippen LogP contribution in [0.25, 0.3) is 10.9 Å². The van der Waals surface area contributed by atoms with Crippen LogP contribution in [0.15, 0.2) is 83.6 Å². The van der Waals surface area contributed by atoms with Crippen LogP contribution in [0.2, 0.25) is 0 Å². The van der Waals surface area contributed by atoms with Gasteiger partial charge in [0.1, 0.15) is 0 Å². The van der Waals surface area contributed by atoms with Gasteiger partial charge < -0.3 is 0 Å². The number of amides is 1. The van der Waals surface area contributed by atoms with Crippen molar-refractivity contribution in [2.75, 3.05) is 5.32 Å². The zero-order valence-electron chi connectivity index (χ0n) is 13.2. The molecule has 2 aromatic carbocycles. The molecular weight excluding hydrogens is 379 g/mol. The predicted molar refractivity (Wildman–Crippen MR) is 99.9 cm³/mol. The van der Waals surface area contributed by atoms with E-state index in [9.17, 15) is 4.79 Å². The Kier molecular flexibility index (Phi) is 4.34. The Morgan fingerprint density at radius 3 is 2.64 bits per heavy atom. The van der Waals surface area contributed by atoms with Crippen LogP contribution in [-0.2, 0) is 0 Å². The van der Waals surface area contributed by atoms with E-state index in [1.54, 1.807) is 18.3 Å². The van der Waals surface area contributed by atoms with Crippen molar-refractivity contribution in [2.45, 2.75) is 0 Å². The quantitative estimate of drug-likeness (QED) is 0.543. The fraction of sp³-hybridized carbons (Fsp3) is 0. The van der Waals surface area contributed by atoms with E-state index in [-0.39, 0.29) is 26.6 Å². The number of fused-ring (bicyclic) bond motifs is 1. The number of benzene rings is 2. The zero-order valence-corrected chi connectivity index (χ0v) is 14.9. The standard InChI is InChI=1S/C20H14N2O2Se/c23-20(17-9-5-13-24-17)22-16-10-11-18(15-8-4-12-21-19(15)16)25-14-6-2-1-3-7-14/h1-13H,(H,22,23). The molecule has 0 aliphatic heterocycles. The SMILES string of the molecule is O=C(Nc1ccc([Se]c2ccccc2)c2cccnc12)c1ccco1. The second-order valence-corrected chi connectivity index (χ2v) is 7.70. The number of carbonyl (C=O) groups excluding carboxylic acids is 1. The molecule has 1 N–H and O–H groups in total. The van der Waals surface area contributed by atoms with E-state index in [1.165, 1.54) is 15.2 Å². The Morgan fingerprint density at radius 1 is 0.960 bits per heavy atom. The Bertz CT molecular complexity index is 1010. The molecule has 0 aliphatic rings. The third kappa shape index (κ3) is 3.33. The first-order valence-corrected chi connectivity index (χ1v) is 9.48. The zero-order chi connectivity index (χ0) is 17.1. The van der Waals surface area contributed by atoms with E-state index in [2.05, 4.69) is 40.6 Å². The molecule has 0 spiro atoms. The molecule has 5 heteroatoms. The third-order valence-electron chi connectivity index (χ3n) is 3.69. The number of hydrogen-bond acceptors (Lipinski definition) is 3. The van der Waals surface area contributed by atoms with Crippen LogP contribution < -0.4 is 14.2 Å². The van der Waals surface area contributed by atoms with Crippen molar-refractivity contribution in [1.29, 1.82) is 0 Å². The van der Waals surface area contributed by atoms with Crippen LogP contribution in [-0.4, -0.2) is 25.8 Å². The summed E-state index contributed by atoms with van der Waals surface area (Å²) in [5.74, 6) is -0.0000606. The number of nitrogens with zero attached hydrogens (tertiary/aromatic N) is 1. The number of nitrogens with one attached hydrogen (secondary N) is 1. The Hall–Kier alpha value is -2.88. The average molecular weight is 393 g/mol. The number of anilines is 1. The molecule has 0 fully saturated rings. The Labute approximate surface area is 151 Å². The van der Waals surface area contributed by atoms with Crippen LogP contribution in [0.1, 0.15) is 10.6 Å². The van der Waals surface area contributed by atoms with E-state index >= 15 is 0 Å². The molecule has 2 heterocycles. The number of carbonyl (C=O) groups is 1. The molecule has 0 saturated carbocycles. The number of aromatic nitrogens is 1. The molecular formula is C20H14N2O2Se. The van der Waals surface area contributed by atoms with Gasteiger partial charge in [-0.1, -0.05) is 0 Å². The first-order chi connectivity index (χ1) is 12.3. The number of furan rings is 1. The van der Waals surface area contributed by atoms with Crippen molar-refractivity contribution in [3.8, 4) is 0 Å². The maximum atomic E-state index is 12.3. The van der Waals surface area contributed by atoms with Crippen LogP contribution in [0, 0.1) is 0 Å². The van der Waals surface area contributed by atoms with E-state index in [0.717, 1.165) is 10.9 Å². The fourth-order valence-electron chi connectivity index (χ4n) is 2.54.